The van der Waals surface area contributed by atoms with Crippen LogP contribution in [0.5, 0.6) is 0 Å². The number of methoxy groups -OCH3 is 2. The second kappa shape index (κ2) is 14.3. The molecule has 172 valence electrons. The van der Waals surface area contributed by atoms with Crippen molar-refractivity contribution in [2.75, 3.05) is 41.0 Å². The molecule has 1 aliphatic heterocycles. The summed E-state index contributed by atoms with van der Waals surface area (Å²) in [5, 5.41) is 2.09. The average molecular weight is 418 g/mol. The zero-order chi connectivity index (χ0) is 21.8. The van der Waals surface area contributed by atoms with Gasteiger partial charge in [-0.25, -0.2) is 5.90 Å². The van der Waals surface area contributed by atoms with Crippen LogP contribution in [0.1, 0.15) is 59.3 Å². The predicted molar refractivity (Wildman–Crippen MR) is 113 cm³/mol. The van der Waals surface area contributed by atoms with Gasteiger partial charge in [0.2, 0.25) is 5.91 Å². The van der Waals surface area contributed by atoms with Crippen LogP contribution < -0.4 is 5.90 Å². The van der Waals surface area contributed by atoms with Crippen molar-refractivity contribution in [2.45, 2.75) is 83.6 Å². The van der Waals surface area contributed by atoms with Crippen molar-refractivity contribution in [1.29, 1.82) is 0 Å². The van der Waals surface area contributed by atoms with Crippen molar-refractivity contribution in [3.05, 3.63) is 0 Å². The van der Waals surface area contributed by atoms with Crippen LogP contribution in [0.2, 0.25) is 0 Å². The minimum absolute atomic E-state index is 0.00404. The molecule has 0 aromatic rings. The molecular formula is C21H43N3O5. The summed E-state index contributed by atoms with van der Waals surface area (Å²) in [4.78, 5) is 24.9. The van der Waals surface area contributed by atoms with Gasteiger partial charge in [0.05, 0.1) is 43.9 Å². The fourth-order valence-electron chi connectivity index (χ4n) is 4.31. The highest BCUT2D eigenvalue weighted by Gasteiger charge is 2.35. The number of carbonyl (C=O) groups excluding carboxylic acids is 1. The molecule has 0 spiro atoms. The molecule has 4 unspecified atom stereocenters. The molecule has 29 heavy (non-hydrogen) atoms. The lowest BCUT2D eigenvalue weighted by Crippen LogP contribution is -2.47. The second-order valence-electron chi connectivity index (χ2n) is 8.17. The molecule has 1 amide bonds. The van der Waals surface area contributed by atoms with Crippen LogP contribution in [0.15, 0.2) is 0 Å². The Balaban J connectivity index is 2.64. The van der Waals surface area contributed by atoms with Crippen LogP contribution in [-0.4, -0.2) is 81.2 Å². The molecule has 8 nitrogen and oxygen atoms in total. The van der Waals surface area contributed by atoms with Crippen LogP contribution in [0.4, 0.5) is 0 Å². The van der Waals surface area contributed by atoms with Crippen LogP contribution >= 0.6 is 0 Å². The molecule has 0 bridgehead atoms. The fourth-order valence-corrected chi connectivity index (χ4v) is 4.31. The van der Waals surface area contributed by atoms with E-state index in [1.165, 1.54) is 0 Å². The first-order valence-electron chi connectivity index (χ1n) is 10.9. The zero-order valence-corrected chi connectivity index (χ0v) is 19.3. The molecule has 1 rings (SSSR count). The van der Waals surface area contributed by atoms with Crippen molar-refractivity contribution in [1.82, 2.24) is 9.96 Å². The summed E-state index contributed by atoms with van der Waals surface area (Å²) in [6.45, 7) is 8.17. The Hall–Kier alpha value is -0.770. The van der Waals surface area contributed by atoms with E-state index < -0.39 is 0 Å². The third-order valence-corrected chi connectivity index (χ3v) is 5.86. The van der Waals surface area contributed by atoms with E-state index in [1.54, 1.807) is 19.1 Å². The Kier molecular flexibility index (Phi) is 12.9. The van der Waals surface area contributed by atoms with Gasteiger partial charge in [0.25, 0.3) is 0 Å². The van der Waals surface area contributed by atoms with E-state index in [9.17, 15) is 4.79 Å². The summed E-state index contributed by atoms with van der Waals surface area (Å²) >= 11 is 0. The Morgan fingerprint density at radius 3 is 2.48 bits per heavy atom. The van der Waals surface area contributed by atoms with Gasteiger partial charge in [-0.3, -0.25) is 9.63 Å². The number of carbonyl (C=O) groups is 1. The number of nitrogens with zero attached hydrogens (tertiary/aromatic N) is 2. The molecular weight excluding hydrogens is 374 g/mol. The van der Waals surface area contributed by atoms with Crippen molar-refractivity contribution in [2.24, 2.45) is 11.8 Å². The molecule has 1 saturated heterocycles. The second-order valence-corrected chi connectivity index (χ2v) is 8.17. The summed E-state index contributed by atoms with van der Waals surface area (Å²) in [7, 11) is 5.31. The highest BCUT2D eigenvalue weighted by atomic mass is 16.7. The number of rotatable bonds is 15. The number of hydrogen-bond donors (Lipinski definition) is 1. The van der Waals surface area contributed by atoms with E-state index in [-0.39, 0.29) is 43.2 Å². The Morgan fingerprint density at radius 1 is 1.21 bits per heavy atom. The highest BCUT2D eigenvalue weighted by molar-refractivity contribution is 5.76. The van der Waals surface area contributed by atoms with Crippen molar-refractivity contribution >= 4 is 5.91 Å². The minimum atomic E-state index is -0.0907. The maximum atomic E-state index is 12.4. The lowest BCUT2D eigenvalue weighted by molar-refractivity contribution is -0.200. The first kappa shape index (κ1) is 26.3. The summed E-state index contributed by atoms with van der Waals surface area (Å²) in [6, 6.07) is 0.281. The zero-order valence-electron chi connectivity index (χ0n) is 19.3. The lowest BCUT2D eigenvalue weighted by atomic mass is 9.98. The third kappa shape index (κ3) is 8.11. The SMILES string of the molecule is CCCC(C(CCON1CCCC1C(OC)C(C)C)OC)N(C)C(=O)CCON. The van der Waals surface area contributed by atoms with E-state index in [4.69, 9.17) is 20.2 Å². The number of nitrogens with two attached hydrogens (primary N) is 1. The summed E-state index contributed by atoms with van der Waals surface area (Å²) < 4.78 is 11.5. The lowest BCUT2D eigenvalue weighted by Gasteiger charge is -2.35. The van der Waals surface area contributed by atoms with Crippen molar-refractivity contribution in [3.8, 4) is 0 Å². The minimum Gasteiger partial charge on any atom is -0.379 e. The summed E-state index contributed by atoms with van der Waals surface area (Å²) in [5.74, 6) is 5.51. The van der Waals surface area contributed by atoms with E-state index in [0.717, 1.165) is 32.2 Å². The molecule has 1 heterocycles. The van der Waals surface area contributed by atoms with Crippen LogP contribution in [0.25, 0.3) is 0 Å². The molecule has 2 N–H and O–H groups in total. The molecule has 0 aromatic carbocycles. The fraction of sp³-hybridized carbons (Fsp3) is 0.952. The molecule has 0 saturated carbocycles. The van der Waals surface area contributed by atoms with E-state index in [2.05, 4.69) is 30.7 Å². The molecule has 8 heteroatoms. The molecule has 0 aliphatic carbocycles. The molecule has 1 fully saturated rings. The smallest absolute Gasteiger partial charge is 0.225 e. The molecule has 1 aliphatic rings. The van der Waals surface area contributed by atoms with E-state index in [1.807, 2.05) is 7.05 Å². The van der Waals surface area contributed by atoms with Gasteiger partial charge < -0.3 is 19.2 Å². The first-order chi connectivity index (χ1) is 13.9. The number of hydroxylamine groups is 2. The monoisotopic (exact) mass is 417 g/mol. The maximum absolute atomic E-state index is 12.4. The van der Waals surface area contributed by atoms with Crippen molar-refractivity contribution in [3.63, 3.8) is 0 Å². The largest absolute Gasteiger partial charge is 0.379 e. The van der Waals surface area contributed by atoms with Gasteiger partial charge in [0.1, 0.15) is 0 Å². The quantitative estimate of drug-likeness (QED) is 0.409. The van der Waals surface area contributed by atoms with Crippen LogP contribution in [0, 0.1) is 5.92 Å². The third-order valence-electron chi connectivity index (χ3n) is 5.86. The van der Waals surface area contributed by atoms with Crippen LogP contribution in [0.3, 0.4) is 0 Å². The first-order valence-corrected chi connectivity index (χ1v) is 10.9. The van der Waals surface area contributed by atoms with Gasteiger partial charge in [-0.05, 0) is 25.2 Å². The van der Waals surface area contributed by atoms with Gasteiger partial charge in [-0.2, -0.15) is 5.06 Å². The Labute approximate surface area is 176 Å². The number of hydrogen-bond acceptors (Lipinski definition) is 7. The standard InChI is InChI=1S/C21H43N3O5/c1-7-9-17(23(4)20(25)12-14-28-22)19(26-5)11-15-29-24-13-8-10-18(24)21(27-6)16(2)3/h16-19,21H,7-15,22H2,1-6H3. The van der Waals surface area contributed by atoms with E-state index >= 15 is 0 Å². The van der Waals surface area contributed by atoms with Crippen molar-refractivity contribution < 1.29 is 23.9 Å². The molecule has 4 atom stereocenters. The average Bonchev–Trinajstić information content (AvgIpc) is 3.15. The Bertz CT molecular complexity index is 452. The topological polar surface area (TPSA) is 86.5 Å². The van der Waals surface area contributed by atoms with Gasteiger partial charge >= 0.3 is 0 Å². The van der Waals surface area contributed by atoms with Crippen LogP contribution in [-0.2, 0) is 23.9 Å². The maximum Gasteiger partial charge on any atom is 0.225 e. The number of likely N-dealkylation sites (N-methyl/N-ethyl adjacent to an activating group) is 1. The summed E-state index contributed by atoms with van der Waals surface area (Å²) in [6.07, 6.45) is 5.10. The van der Waals surface area contributed by atoms with Gasteiger partial charge in [-0.15, -0.1) is 0 Å². The Morgan fingerprint density at radius 2 is 1.93 bits per heavy atom. The highest BCUT2D eigenvalue weighted by Crippen LogP contribution is 2.26. The van der Waals surface area contributed by atoms with Gasteiger partial charge in [0, 0.05) is 34.2 Å². The van der Waals surface area contributed by atoms with Gasteiger partial charge in [0.15, 0.2) is 0 Å². The van der Waals surface area contributed by atoms with E-state index in [0.29, 0.717) is 18.9 Å². The number of ether oxygens (including phenoxy) is 2. The normalized spacial score (nSPS) is 20.8. The molecule has 0 radical (unpaired) electrons. The summed E-state index contributed by atoms with van der Waals surface area (Å²) in [5.41, 5.74) is 0. The predicted octanol–water partition coefficient (Wildman–Crippen LogP) is 2.37. The molecule has 0 aromatic heterocycles. The number of amides is 1. The van der Waals surface area contributed by atoms with Gasteiger partial charge in [-0.1, -0.05) is 27.2 Å².